The molecule has 2 aromatic heterocycles. The van der Waals surface area contributed by atoms with E-state index in [9.17, 15) is 4.79 Å². The molecule has 0 unspecified atom stereocenters. The number of hydrogen-bond acceptors (Lipinski definition) is 4. The van der Waals surface area contributed by atoms with Crippen LogP contribution in [0.5, 0.6) is 0 Å². The van der Waals surface area contributed by atoms with Gasteiger partial charge in [0, 0.05) is 24.5 Å². The molecule has 1 saturated heterocycles. The zero-order valence-electron chi connectivity index (χ0n) is 17.4. The first-order valence-corrected chi connectivity index (χ1v) is 10.6. The van der Waals surface area contributed by atoms with E-state index >= 15 is 0 Å². The van der Waals surface area contributed by atoms with Gasteiger partial charge in [-0.1, -0.05) is 30.3 Å². The van der Waals surface area contributed by atoms with E-state index in [1.807, 2.05) is 67.7 Å². The van der Waals surface area contributed by atoms with Crippen LogP contribution in [0.4, 0.5) is 0 Å². The standard InChI is InChI=1S/C25H28N4O/c1-19-8-2-3-10-22(19)25(30)28-24(23-11-5-7-15-27-23)20-12-16-29(17-13-20)18-21-9-4-6-14-26-21/h2-11,14-15,20,24H,12-13,16-18H2,1H3,(H,28,30)/t24-/m1/s1. The number of amides is 1. The molecule has 1 amide bonds. The molecular formula is C25H28N4O. The first kappa shape index (κ1) is 20.2. The summed E-state index contributed by atoms with van der Waals surface area (Å²) in [6, 6.07) is 19.6. The maximum absolute atomic E-state index is 13.0. The molecule has 4 rings (SSSR count). The van der Waals surface area contributed by atoms with Crippen molar-refractivity contribution in [1.82, 2.24) is 20.2 Å². The van der Waals surface area contributed by atoms with Crippen LogP contribution in [-0.4, -0.2) is 33.9 Å². The minimum atomic E-state index is -0.0877. The number of aromatic nitrogens is 2. The van der Waals surface area contributed by atoms with E-state index < -0.39 is 0 Å². The minimum Gasteiger partial charge on any atom is -0.343 e. The molecule has 1 aliphatic rings. The van der Waals surface area contributed by atoms with Crippen LogP contribution in [-0.2, 0) is 6.54 Å². The molecule has 1 aromatic carbocycles. The third-order valence-corrected chi connectivity index (χ3v) is 5.90. The zero-order chi connectivity index (χ0) is 20.8. The van der Waals surface area contributed by atoms with Crippen molar-refractivity contribution in [1.29, 1.82) is 0 Å². The maximum Gasteiger partial charge on any atom is 0.252 e. The Kier molecular flexibility index (Phi) is 6.50. The van der Waals surface area contributed by atoms with Gasteiger partial charge in [-0.15, -0.1) is 0 Å². The van der Waals surface area contributed by atoms with E-state index in [0.29, 0.717) is 5.92 Å². The lowest BCUT2D eigenvalue weighted by molar-refractivity contribution is 0.0887. The normalized spacial score (nSPS) is 16.2. The number of benzene rings is 1. The van der Waals surface area contributed by atoms with Crippen molar-refractivity contribution in [2.75, 3.05) is 13.1 Å². The van der Waals surface area contributed by atoms with Gasteiger partial charge in [0.15, 0.2) is 0 Å². The summed E-state index contributed by atoms with van der Waals surface area (Å²) < 4.78 is 0. The minimum absolute atomic E-state index is 0.0281. The summed E-state index contributed by atoms with van der Waals surface area (Å²) in [5, 5.41) is 3.29. The first-order chi connectivity index (χ1) is 14.7. The Balaban J connectivity index is 1.46. The highest BCUT2D eigenvalue weighted by Gasteiger charge is 2.30. The van der Waals surface area contributed by atoms with Crippen LogP contribution in [0.15, 0.2) is 73.1 Å². The van der Waals surface area contributed by atoms with E-state index in [4.69, 9.17) is 0 Å². The van der Waals surface area contributed by atoms with Gasteiger partial charge >= 0.3 is 0 Å². The van der Waals surface area contributed by atoms with Gasteiger partial charge in [-0.3, -0.25) is 19.7 Å². The fraction of sp³-hybridized carbons (Fsp3) is 0.320. The fourth-order valence-corrected chi connectivity index (χ4v) is 4.21. The average molecular weight is 401 g/mol. The van der Waals surface area contributed by atoms with Crippen molar-refractivity contribution in [3.05, 3.63) is 95.6 Å². The quantitative estimate of drug-likeness (QED) is 0.675. The molecule has 154 valence electrons. The summed E-state index contributed by atoms with van der Waals surface area (Å²) in [5.41, 5.74) is 3.75. The van der Waals surface area contributed by atoms with Crippen molar-refractivity contribution in [3.8, 4) is 0 Å². The van der Waals surface area contributed by atoms with E-state index in [1.54, 1.807) is 6.20 Å². The van der Waals surface area contributed by atoms with E-state index in [1.165, 1.54) is 0 Å². The van der Waals surface area contributed by atoms with Crippen molar-refractivity contribution in [2.45, 2.75) is 32.4 Å². The van der Waals surface area contributed by atoms with Crippen LogP contribution in [0.2, 0.25) is 0 Å². The number of nitrogens with zero attached hydrogens (tertiary/aromatic N) is 3. The summed E-state index contributed by atoms with van der Waals surface area (Å²) in [6.45, 7) is 4.83. The largest absolute Gasteiger partial charge is 0.343 e. The second kappa shape index (κ2) is 9.63. The number of carbonyl (C=O) groups is 1. The molecule has 1 N–H and O–H groups in total. The smallest absolute Gasteiger partial charge is 0.252 e. The molecule has 0 aliphatic carbocycles. The summed E-state index contributed by atoms with van der Waals surface area (Å²) in [7, 11) is 0. The predicted octanol–water partition coefficient (Wildman–Crippen LogP) is 4.17. The Morgan fingerprint density at radius 3 is 2.37 bits per heavy atom. The number of hydrogen-bond donors (Lipinski definition) is 1. The number of rotatable bonds is 6. The molecule has 5 heteroatoms. The zero-order valence-corrected chi connectivity index (χ0v) is 17.4. The number of pyridine rings is 2. The lowest BCUT2D eigenvalue weighted by Crippen LogP contribution is -2.41. The number of aryl methyl sites for hydroxylation is 1. The van der Waals surface area contributed by atoms with Crippen molar-refractivity contribution in [3.63, 3.8) is 0 Å². The Morgan fingerprint density at radius 1 is 1.00 bits per heavy atom. The van der Waals surface area contributed by atoms with Crippen LogP contribution in [0.25, 0.3) is 0 Å². The molecule has 0 bridgehead atoms. The second-order valence-electron chi connectivity index (χ2n) is 7.96. The van der Waals surface area contributed by atoms with Crippen molar-refractivity contribution < 1.29 is 4.79 Å². The van der Waals surface area contributed by atoms with Crippen molar-refractivity contribution >= 4 is 5.91 Å². The van der Waals surface area contributed by atoms with Gasteiger partial charge in [-0.25, -0.2) is 0 Å². The van der Waals surface area contributed by atoms with Gasteiger partial charge < -0.3 is 5.32 Å². The van der Waals surface area contributed by atoms with Crippen LogP contribution < -0.4 is 5.32 Å². The van der Waals surface area contributed by atoms with E-state index in [2.05, 4.69) is 26.3 Å². The van der Waals surface area contributed by atoms with Gasteiger partial charge in [-0.2, -0.15) is 0 Å². The molecular weight excluding hydrogens is 372 g/mol. The number of carbonyl (C=O) groups excluding carboxylic acids is 1. The SMILES string of the molecule is Cc1ccccc1C(=O)N[C@@H](c1ccccn1)C1CCN(Cc2ccccn2)CC1. The molecule has 1 aliphatic heterocycles. The Labute approximate surface area is 178 Å². The van der Waals surface area contributed by atoms with Crippen LogP contribution in [0.3, 0.4) is 0 Å². The van der Waals surface area contributed by atoms with Crippen molar-refractivity contribution in [2.24, 2.45) is 5.92 Å². The van der Waals surface area contributed by atoms with Gasteiger partial charge in [-0.05, 0) is 74.7 Å². The Hall–Kier alpha value is -3.05. The highest BCUT2D eigenvalue weighted by atomic mass is 16.1. The molecule has 5 nitrogen and oxygen atoms in total. The molecule has 1 fully saturated rings. The summed E-state index contributed by atoms with van der Waals surface area (Å²) in [6.07, 6.45) is 5.68. The molecule has 1 atom stereocenters. The lowest BCUT2D eigenvalue weighted by atomic mass is 9.87. The summed E-state index contributed by atoms with van der Waals surface area (Å²) >= 11 is 0. The summed E-state index contributed by atoms with van der Waals surface area (Å²) in [4.78, 5) is 24.5. The van der Waals surface area contributed by atoms with Crippen LogP contribution in [0, 0.1) is 12.8 Å². The Morgan fingerprint density at radius 2 is 1.70 bits per heavy atom. The average Bonchev–Trinajstić information content (AvgIpc) is 2.79. The molecule has 0 radical (unpaired) electrons. The molecule has 3 aromatic rings. The lowest BCUT2D eigenvalue weighted by Gasteiger charge is -2.36. The van der Waals surface area contributed by atoms with Gasteiger partial charge in [0.25, 0.3) is 5.91 Å². The number of likely N-dealkylation sites (tertiary alicyclic amines) is 1. The second-order valence-corrected chi connectivity index (χ2v) is 7.96. The Bertz CT molecular complexity index is 953. The van der Waals surface area contributed by atoms with Gasteiger partial charge in [0.2, 0.25) is 0 Å². The van der Waals surface area contributed by atoms with Gasteiger partial charge in [0.05, 0.1) is 17.4 Å². The molecule has 0 saturated carbocycles. The maximum atomic E-state index is 13.0. The third-order valence-electron chi connectivity index (χ3n) is 5.90. The highest BCUT2D eigenvalue weighted by molar-refractivity contribution is 5.95. The fourth-order valence-electron chi connectivity index (χ4n) is 4.21. The topological polar surface area (TPSA) is 58.1 Å². The molecule has 3 heterocycles. The monoisotopic (exact) mass is 400 g/mol. The first-order valence-electron chi connectivity index (χ1n) is 10.6. The van der Waals surface area contributed by atoms with E-state index in [0.717, 1.165) is 55.0 Å². The molecule has 30 heavy (non-hydrogen) atoms. The van der Waals surface area contributed by atoms with Crippen LogP contribution >= 0.6 is 0 Å². The third kappa shape index (κ3) is 4.92. The number of nitrogens with one attached hydrogen (secondary N) is 1. The summed E-state index contributed by atoms with van der Waals surface area (Å²) in [5.74, 6) is 0.326. The van der Waals surface area contributed by atoms with Crippen LogP contribution in [0.1, 0.15) is 46.2 Å². The van der Waals surface area contributed by atoms with E-state index in [-0.39, 0.29) is 11.9 Å². The predicted molar refractivity (Wildman–Crippen MR) is 118 cm³/mol. The number of piperidine rings is 1. The van der Waals surface area contributed by atoms with Gasteiger partial charge in [0.1, 0.15) is 0 Å². The highest BCUT2D eigenvalue weighted by Crippen LogP contribution is 2.31. The molecule has 0 spiro atoms.